The van der Waals surface area contributed by atoms with Crippen molar-refractivity contribution in [1.82, 2.24) is 5.32 Å². The second kappa shape index (κ2) is 5.54. The molecule has 1 aromatic rings. The minimum atomic E-state index is 0.192. The monoisotopic (exact) mass is 234 g/mol. The van der Waals surface area contributed by atoms with Crippen molar-refractivity contribution in [1.29, 1.82) is 0 Å². The van der Waals surface area contributed by atoms with Crippen LogP contribution in [0.5, 0.6) is 0 Å². The van der Waals surface area contributed by atoms with Crippen molar-refractivity contribution in [2.24, 2.45) is 0 Å². The Balaban J connectivity index is 2.60. The molecule has 0 aliphatic heterocycles. The maximum Gasteiger partial charge on any atom is 0.0361 e. The lowest BCUT2D eigenvalue weighted by Crippen LogP contribution is -2.38. The molecule has 0 saturated heterocycles. The molecule has 2 heteroatoms. The summed E-state index contributed by atoms with van der Waals surface area (Å²) in [4.78, 5) is 2.13. The van der Waals surface area contributed by atoms with Crippen molar-refractivity contribution in [2.75, 3.05) is 25.5 Å². The van der Waals surface area contributed by atoms with E-state index in [4.69, 9.17) is 0 Å². The zero-order valence-electron chi connectivity index (χ0n) is 12.0. The molecule has 1 atom stereocenters. The molecule has 17 heavy (non-hydrogen) atoms. The van der Waals surface area contributed by atoms with Crippen LogP contribution in [0, 0.1) is 0 Å². The summed E-state index contributed by atoms with van der Waals surface area (Å²) in [5, 5.41) is 3.55. The van der Waals surface area contributed by atoms with Gasteiger partial charge in [-0.15, -0.1) is 0 Å². The summed E-state index contributed by atoms with van der Waals surface area (Å²) in [7, 11) is 4.14. The smallest absolute Gasteiger partial charge is 0.0361 e. The van der Waals surface area contributed by atoms with E-state index in [2.05, 4.69) is 76.3 Å². The Morgan fingerprint density at radius 3 is 2.06 bits per heavy atom. The van der Waals surface area contributed by atoms with E-state index in [0.717, 1.165) is 6.54 Å². The predicted octanol–water partition coefficient (Wildman–Crippen LogP) is 3.24. The fourth-order valence-electron chi connectivity index (χ4n) is 1.68. The molecule has 0 spiro atoms. The molecule has 2 nitrogen and oxygen atoms in total. The van der Waals surface area contributed by atoms with Crippen LogP contribution in [0.15, 0.2) is 24.3 Å². The van der Waals surface area contributed by atoms with Gasteiger partial charge in [-0.25, -0.2) is 0 Å². The number of anilines is 1. The van der Waals surface area contributed by atoms with Gasteiger partial charge < -0.3 is 10.2 Å². The Morgan fingerprint density at radius 2 is 1.65 bits per heavy atom. The number of hydrogen-bond donors (Lipinski definition) is 1. The zero-order valence-corrected chi connectivity index (χ0v) is 12.0. The van der Waals surface area contributed by atoms with Crippen LogP contribution in [-0.2, 0) is 0 Å². The van der Waals surface area contributed by atoms with E-state index in [1.807, 2.05) is 0 Å². The average Bonchev–Trinajstić information content (AvgIpc) is 2.25. The molecule has 0 fully saturated rings. The highest BCUT2D eigenvalue weighted by Crippen LogP contribution is 2.19. The molecule has 0 amide bonds. The van der Waals surface area contributed by atoms with Gasteiger partial charge in [-0.3, -0.25) is 0 Å². The van der Waals surface area contributed by atoms with E-state index in [1.165, 1.54) is 11.3 Å². The van der Waals surface area contributed by atoms with Crippen LogP contribution < -0.4 is 10.2 Å². The number of hydrogen-bond acceptors (Lipinski definition) is 2. The van der Waals surface area contributed by atoms with E-state index in [1.54, 1.807) is 0 Å². The first-order valence-electron chi connectivity index (χ1n) is 6.32. The zero-order chi connectivity index (χ0) is 13.1. The third-order valence-corrected chi connectivity index (χ3v) is 2.92. The quantitative estimate of drug-likeness (QED) is 0.860. The summed E-state index contributed by atoms with van der Waals surface area (Å²) in [5.74, 6) is 0.547. The lowest BCUT2D eigenvalue weighted by Gasteiger charge is -2.24. The maximum atomic E-state index is 3.55. The van der Waals surface area contributed by atoms with Crippen molar-refractivity contribution < 1.29 is 0 Å². The number of benzene rings is 1. The summed E-state index contributed by atoms with van der Waals surface area (Å²) in [6, 6.07) is 8.82. The molecule has 1 N–H and O–H groups in total. The van der Waals surface area contributed by atoms with Gasteiger partial charge in [0.1, 0.15) is 0 Å². The van der Waals surface area contributed by atoms with Gasteiger partial charge in [0.15, 0.2) is 0 Å². The van der Waals surface area contributed by atoms with Crippen LogP contribution in [0.4, 0.5) is 5.69 Å². The van der Waals surface area contributed by atoms with Gasteiger partial charge in [0.2, 0.25) is 0 Å². The molecule has 0 aromatic heterocycles. The third-order valence-electron chi connectivity index (χ3n) is 2.92. The van der Waals surface area contributed by atoms with Gasteiger partial charge in [0.25, 0.3) is 0 Å². The molecule has 0 heterocycles. The van der Waals surface area contributed by atoms with Crippen LogP contribution in [0.2, 0.25) is 0 Å². The van der Waals surface area contributed by atoms with Crippen molar-refractivity contribution in [3.8, 4) is 0 Å². The first-order valence-corrected chi connectivity index (χ1v) is 6.32. The highest BCUT2D eigenvalue weighted by molar-refractivity contribution is 5.46. The molecule has 1 unspecified atom stereocenters. The summed E-state index contributed by atoms with van der Waals surface area (Å²) < 4.78 is 0. The van der Waals surface area contributed by atoms with Gasteiger partial charge in [-0.05, 0) is 44.4 Å². The fraction of sp³-hybridized carbons (Fsp3) is 0.600. The lowest BCUT2D eigenvalue weighted by atomic mass is 9.99. The van der Waals surface area contributed by atoms with Gasteiger partial charge in [-0.1, -0.05) is 19.1 Å². The Bertz CT molecular complexity index is 333. The van der Waals surface area contributed by atoms with Crippen molar-refractivity contribution in [3.05, 3.63) is 29.8 Å². The Morgan fingerprint density at radius 1 is 1.12 bits per heavy atom. The number of nitrogens with one attached hydrogen (secondary N) is 1. The molecule has 0 radical (unpaired) electrons. The SMILES string of the molecule is CC(CNC(C)(C)C)c1ccc(N(C)C)cc1. The van der Waals surface area contributed by atoms with E-state index < -0.39 is 0 Å². The lowest BCUT2D eigenvalue weighted by molar-refractivity contribution is 0.412. The Hall–Kier alpha value is -1.02. The van der Waals surface area contributed by atoms with Gasteiger partial charge in [-0.2, -0.15) is 0 Å². The normalized spacial score (nSPS) is 13.5. The molecular weight excluding hydrogens is 208 g/mol. The van der Waals surface area contributed by atoms with Crippen LogP contribution in [0.25, 0.3) is 0 Å². The minimum Gasteiger partial charge on any atom is -0.378 e. The Labute approximate surface area is 106 Å². The molecule has 96 valence electrons. The summed E-state index contributed by atoms with van der Waals surface area (Å²) >= 11 is 0. The topological polar surface area (TPSA) is 15.3 Å². The molecule has 0 aliphatic rings. The van der Waals surface area contributed by atoms with Gasteiger partial charge in [0, 0.05) is 31.9 Å². The van der Waals surface area contributed by atoms with Crippen LogP contribution >= 0.6 is 0 Å². The van der Waals surface area contributed by atoms with E-state index in [-0.39, 0.29) is 5.54 Å². The number of nitrogens with zero attached hydrogens (tertiary/aromatic N) is 1. The van der Waals surface area contributed by atoms with Gasteiger partial charge in [0.05, 0.1) is 0 Å². The summed E-state index contributed by atoms with van der Waals surface area (Å²) in [6.45, 7) is 9.90. The highest BCUT2D eigenvalue weighted by Gasteiger charge is 2.12. The third kappa shape index (κ3) is 4.78. The predicted molar refractivity (Wildman–Crippen MR) is 76.9 cm³/mol. The van der Waals surface area contributed by atoms with Crippen molar-refractivity contribution >= 4 is 5.69 Å². The second-order valence-electron chi connectivity index (χ2n) is 6.02. The van der Waals surface area contributed by atoms with E-state index in [0.29, 0.717) is 5.92 Å². The van der Waals surface area contributed by atoms with E-state index in [9.17, 15) is 0 Å². The molecule has 0 aliphatic carbocycles. The van der Waals surface area contributed by atoms with Gasteiger partial charge >= 0.3 is 0 Å². The minimum absolute atomic E-state index is 0.192. The molecule has 1 aromatic carbocycles. The van der Waals surface area contributed by atoms with E-state index >= 15 is 0 Å². The Kier molecular flexibility index (Phi) is 4.58. The summed E-state index contributed by atoms with van der Waals surface area (Å²) in [6.07, 6.45) is 0. The number of rotatable bonds is 4. The second-order valence-corrected chi connectivity index (χ2v) is 6.02. The maximum absolute atomic E-state index is 3.55. The van der Waals surface area contributed by atoms with Crippen molar-refractivity contribution in [2.45, 2.75) is 39.2 Å². The highest BCUT2D eigenvalue weighted by atomic mass is 15.1. The van der Waals surface area contributed by atoms with Crippen LogP contribution in [0.3, 0.4) is 0 Å². The average molecular weight is 234 g/mol. The van der Waals surface area contributed by atoms with Crippen LogP contribution in [0.1, 0.15) is 39.2 Å². The van der Waals surface area contributed by atoms with Crippen LogP contribution in [-0.4, -0.2) is 26.2 Å². The molecule has 1 rings (SSSR count). The fourth-order valence-corrected chi connectivity index (χ4v) is 1.68. The standard InChI is InChI=1S/C15H26N2/c1-12(11-16-15(2,3)4)13-7-9-14(10-8-13)17(5)6/h7-10,12,16H,11H2,1-6H3. The largest absolute Gasteiger partial charge is 0.378 e. The first-order chi connectivity index (χ1) is 7.79. The first kappa shape index (κ1) is 14.0. The summed E-state index contributed by atoms with van der Waals surface area (Å²) in [5.41, 5.74) is 2.84. The molecule has 0 bridgehead atoms. The van der Waals surface area contributed by atoms with Crippen molar-refractivity contribution in [3.63, 3.8) is 0 Å². The molecule has 0 saturated carbocycles. The molecular formula is C15H26N2.